The fourth-order valence-corrected chi connectivity index (χ4v) is 3.46. The van der Waals surface area contributed by atoms with Crippen LogP contribution in [-0.2, 0) is 9.22 Å². The van der Waals surface area contributed by atoms with Crippen LogP contribution in [0.15, 0.2) is 0 Å². The van der Waals surface area contributed by atoms with Crippen molar-refractivity contribution in [2.24, 2.45) is 5.92 Å². The number of Topliss-reactive ketones (excluding diaryl/α,β-unsaturated/α-hetero) is 1. The van der Waals surface area contributed by atoms with E-state index in [1.54, 1.807) is 0 Å². The first kappa shape index (κ1) is 17.7. The van der Waals surface area contributed by atoms with Crippen molar-refractivity contribution >= 4 is 14.1 Å². The minimum absolute atomic E-state index is 0.0975. The van der Waals surface area contributed by atoms with Gasteiger partial charge in [-0.25, -0.2) is 0 Å². The van der Waals surface area contributed by atoms with E-state index < -0.39 is 32.3 Å². The molecular weight excluding hydrogens is 285 g/mol. The molecule has 0 bridgehead atoms. The van der Waals surface area contributed by atoms with E-state index in [0.29, 0.717) is 19.3 Å². The molecule has 0 amide bonds. The van der Waals surface area contributed by atoms with Gasteiger partial charge in [-0.1, -0.05) is 33.6 Å². The van der Waals surface area contributed by atoms with Crippen molar-refractivity contribution in [3.63, 3.8) is 0 Å². The minimum Gasteiger partial charge on any atom is -0.407 e. The third-order valence-electron chi connectivity index (χ3n) is 4.51. The van der Waals surface area contributed by atoms with Crippen LogP contribution in [0.25, 0.3) is 0 Å². The van der Waals surface area contributed by atoms with Crippen LogP contribution in [0.5, 0.6) is 0 Å². The van der Waals surface area contributed by atoms with Gasteiger partial charge in [0.2, 0.25) is 0 Å². The molecule has 0 heterocycles. The maximum atomic E-state index is 12.9. The maximum absolute atomic E-state index is 12.9. The van der Waals surface area contributed by atoms with E-state index in [9.17, 15) is 18.0 Å². The number of ketones is 1. The Morgan fingerprint density at radius 2 is 1.60 bits per heavy atom. The molecule has 0 aromatic carbocycles. The van der Waals surface area contributed by atoms with Crippen LogP contribution >= 0.6 is 0 Å². The molecule has 1 aliphatic rings. The molecule has 0 spiro atoms. The van der Waals surface area contributed by atoms with Gasteiger partial charge in [-0.2, -0.15) is 13.2 Å². The van der Waals surface area contributed by atoms with E-state index in [1.807, 2.05) is 33.9 Å². The Morgan fingerprint density at radius 3 is 2.05 bits per heavy atom. The molecule has 1 fully saturated rings. The van der Waals surface area contributed by atoms with Crippen molar-refractivity contribution in [1.82, 2.24) is 0 Å². The monoisotopic (exact) mass is 310 g/mol. The standard InChI is InChI=1S/C14H25F3O2Si/c1-13(2,3)20(4,5)19-11-9-7-6-8-10(12(11)18)14(15,16)17/h10-11H,6-9H2,1-5H3/t10-,11-/m0/s1. The SMILES string of the molecule is CC(C)(C)[Si](C)(C)O[C@H]1CCCC[C@H](C(F)(F)F)C1=O. The zero-order valence-electron chi connectivity index (χ0n) is 12.9. The number of halogens is 3. The molecule has 118 valence electrons. The number of hydrogen-bond acceptors (Lipinski definition) is 2. The fourth-order valence-electron chi connectivity index (χ4n) is 2.16. The number of carbonyl (C=O) groups is 1. The minimum atomic E-state index is -4.45. The molecule has 2 atom stereocenters. The first-order valence-electron chi connectivity index (χ1n) is 7.14. The first-order chi connectivity index (χ1) is 8.86. The van der Waals surface area contributed by atoms with Gasteiger partial charge in [-0.05, 0) is 31.0 Å². The van der Waals surface area contributed by atoms with Gasteiger partial charge in [0.1, 0.15) is 12.0 Å². The predicted molar refractivity (Wildman–Crippen MR) is 75.1 cm³/mol. The number of rotatable bonds is 2. The summed E-state index contributed by atoms with van der Waals surface area (Å²) in [6.07, 6.45) is -3.95. The zero-order valence-corrected chi connectivity index (χ0v) is 13.9. The van der Waals surface area contributed by atoms with Crippen molar-refractivity contribution in [2.75, 3.05) is 0 Å². The lowest BCUT2D eigenvalue weighted by Gasteiger charge is -2.39. The van der Waals surface area contributed by atoms with Crippen LogP contribution in [0.1, 0.15) is 46.5 Å². The van der Waals surface area contributed by atoms with Crippen molar-refractivity contribution < 1.29 is 22.4 Å². The maximum Gasteiger partial charge on any atom is 0.398 e. The summed E-state index contributed by atoms with van der Waals surface area (Å²) in [5, 5.41) is -0.118. The second kappa shape index (κ2) is 5.79. The topological polar surface area (TPSA) is 26.3 Å². The third-order valence-corrected chi connectivity index (χ3v) is 8.99. The quantitative estimate of drug-likeness (QED) is 0.546. The van der Waals surface area contributed by atoms with E-state index >= 15 is 0 Å². The van der Waals surface area contributed by atoms with Crippen molar-refractivity contribution in [3.8, 4) is 0 Å². The average Bonchev–Trinajstić information content (AvgIpc) is 2.39. The molecule has 0 unspecified atom stereocenters. The average molecular weight is 310 g/mol. The van der Waals surface area contributed by atoms with Crippen LogP contribution in [0.2, 0.25) is 18.1 Å². The second-order valence-corrected chi connectivity index (χ2v) is 11.9. The van der Waals surface area contributed by atoms with Crippen molar-refractivity contribution in [2.45, 2.75) is 76.9 Å². The van der Waals surface area contributed by atoms with Crippen LogP contribution in [0, 0.1) is 5.92 Å². The highest BCUT2D eigenvalue weighted by molar-refractivity contribution is 6.74. The first-order valence-corrected chi connectivity index (χ1v) is 10.1. The lowest BCUT2D eigenvalue weighted by molar-refractivity contribution is -0.185. The van der Waals surface area contributed by atoms with Gasteiger partial charge in [0.05, 0.1) is 0 Å². The van der Waals surface area contributed by atoms with E-state index in [2.05, 4.69) is 0 Å². The molecule has 1 saturated carbocycles. The van der Waals surface area contributed by atoms with Gasteiger partial charge in [0, 0.05) is 0 Å². The molecule has 0 saturated heterocycles. The van der Waals surface area contributed by atoms with Gasteiger partial charge < -0.3 is 4.43 Å². The molecule has 1 aliphatic carbocycles. The highest BCUT2D eigenvalue weighted by Crippen LogP contribution is 2.40. The summed E-state index contributed by atoms with van der Waals surface area (Å²) in [6, 6.07) is 0. The Balaban J connectivity index is 2.91. The molecule has 20 heavy (non-hydrogen) atoms. The molecular formula is C14H25F3O2Si. The third kappa shape index (κ3) is 4.07. The highest BCUT2D eigenvalue weighted by atomic mass is 28.4. The lowest BCUT2D eigenvalue weighted by Crippen LogP contribution is -2.48. The predicted octanol–water partition coefficient (Wildman–Crippen LogP) is 4.70. The normalized spacial score (nSPS) is 26.5. The Morgan fingerprint density at radius 1 is 1.10 bits per heavy atom. The fraction of sp³-hybridized carbons (Fsp3) is 0.929. The molecule has 0 aromatic heterocycles. The number of alkyl halides is 3. The van der Waals surface area contributed by atoms with Crippen LogP contribution in [-0.4, -0.2) is 26.4 Å². The smallest absolute Gasteiger partial charge is 0.398 e. The molecule has 0 aliphatic heterocycles. The van der Waals surface area contributed by atoms with E-state index in [0.717, 1.165) is 0 Å². The van der Waals surface area contributed by atoms with Crippen LogP contribution in [0.4, 0.5) is 13.2 Å². The zero-order chi connectivity index (χ0) is 15.8. The summed E-state index contributed by atoms with van der Waals surface area (Å²) >= 11 is 0. The largest absolute Gasteiger partial charge is 0.407 e. The van der Waals surface area contributed by atoms with Gasteiger partial charge in [-0.3, -0.25) is 4.79 Å². The summed E-state index contributed by atoms with van der Waals surface area (Å²) in [4.78, 5) is 12.2. The summed E-state index contributed by atoms with van der Waals surface area (Å²) < 4.78 is 44.8. The van der Waals surface area contributed by atoms with E-state index in [1.165, 1.54) is 0 Å². The number of carbonyl (C=O) groups excluding carboxylic acids is 1. The molecule has 0 N–H and O–H groups in total. The Kier molecular flexibility index (Phi) is 5.12. The van der Waals surface area contributed by atoms with Crippen molar-refractivity contribution in [1.29, 1.82) is 0 Å². The molecule has 0 aromatic rings. The lowest BCUT2D eigenvalue weighted by atomic mass is 9.97. The Bertz CT molecular complexity index is 358. The van der Waals surface area contributed by atoms with Gasteiger partial charge in [0.15, 0.2) is 14.1 Å². The van der Waals surface area contributed by atoms with Crippen LogP contribution < -0.4 is 0 Å². The summed E-state index contributed by atoms with van der Waals surface area (Å²) in [5.41, 5.74) is 0. The molecule has 0 radical (unpaired) electrons. The summed E-state index contributed by atoms with van der Waals surface area (Å²) in [5.74, 6) is -2.61. The van der Waals surface area contributed by atoms with Gasteiger partial charge >= 0.3 is 6.18 Å². The molecule has 6 heteroatoms. The molecule has 1 rings (SSSR count). The van der Waals surface area contributed by atoms with Crippen molar-refractivity contribution in [3.05, 3.63) is 0 Å². The summed E-state index contributed by atoms with van der Waals surface area (Å²) in [7, 11) is -2.23. The molecule has 2 nitrogen and oxygen atoms in total. The van der Waals surface area contributed by atoms with Gasteiger partial charge in [-0.15, -0.1) is 0 Å². The van der Waals surface area contributed by atoms with Crippen LogP contribution in [0.3, 0.4) is 0 Å². The van der Waals surface area contributed by atoms with Gasteiger partial charge in [0.25, 0.3) is 0 Å². The highest BCUT2D eigenvalue weighted by Gasteiger charge is 2.49. The number of hydrogen-bond donors (Lipinski definition) is 0. The Hall–Kier alpha value is -0.363. The van der Waals surface area contributed by atoms with E-state index in [4.69, 9.17) is 4.43 Å². The second-order valence-electron chi connectivity index (χ2n) is 7.15. The van der Waals surface area contributed by atoms with E-state index in [-0.39, 0.29) is 11.5 Å². The summed E-state index contributed by atoms with van der Waals surface area (Å²) in [6.45, 7) is 9.98. The Labute approximate surface area is 120 Å².